The molecule has 0 aliphatic carbocycles. The number of nitrogens with zero attached hydrogens (tertiary/aromatic N) is 3. The maximum atomic E-state index is 12.6. The smallest absolute Gasteiger partial charge is 0.258 e. The fourth-order valence-corrected chi connectivity index (χ4v) is 3.73. The van der Waals surface area contributed by atoms with Crippen molar-refractivity contribution in [3.63, 3.8) is 0 Å². The third-order valence-corrected chi connectivity index (χ3v) is 5.55. The molecule has 0 radical (unpaired) electrons. The number of anilines is 2. The van der Waals surface area contributed by atoms with Crippen molar-refractivity contribution in [3.05, 3.63) is 112 Å². The average Bonchev–Trinajstić information content (AvgIpc) is 3.22. The summed E-state index contributed by atoms with van der Waals surface area (Å²) < 4.78 is 1.77. The molecule has 3 aromatic carbocycles. The summed E-state index contributed by atoms with van der Waals surface area (Å²) in [5.41, 5.74) is 4.70. The van der Waals surface area contributed by atoms with Gasteiger partial charge in [-0.2, -0.15) is 4.98 Å². The van der Waals surface area contributed by atoms with Gasteiger partial charge in [0, 0.05) is 16.3 Å². The highest BCUT2D eigenvalue weighted by atomic mass is 35.5. The Hall–Kier alpha value is -3.61. The van der Waals surface area contributed by atoms with Gasteiger partial charge in [-0.25, -0.2) is 4.68 Å². The zero-order chi connectivity index (χ0) is 22.1. The van der Waals surface area contributed by atoms with E-state index >= 15 is 0 Å². The van der Waals surface area contributed by atoms with Crippen molar-refractivity contribution in [3.8, 4) is 0 Å². The van der Waals surface area contributed by atoms with Gasteiger partial charge in [0.2, 0.25) is 5.95 Å². The van der Waals surface area contributed by atoms with Crippen LogP contribution in [0.3, 0.4) is 0 Å². The number of amides is 1. The van der Waals surface area contributed by atoms with Crippen LogP contribution in [-0.2, 0) is 0 Å². The van der Waals surface area contributed by atoms with E-state index in [1.165, 1.54) is 5.56 Å². The quantitative estimate of drug-likeness (QED) is 0.379. The molecule has 33 heavy (non-hydrogen) atoms. The van der Waals surface area contributed by atoms with E-state index in [1.807, 2.05) is 42.5 Å². The van der Waals surface area contributed by atoms with Gasteiger partial charge in [-0.15, -0.1) is 17.5 Å². The number of aromatic nitrogens is 3. The SMILES string of the molecule is Cc1ccc(C2=CC(c3ccc(Cl)cc3)n3nc(NC(=O)c4ccccc4)nc3N2)cc1.Cl. The number of aryl methyl sites for hydroxylation is 1. The fraction of sp³-hybridized carbons (Fsp3) is 0.0800. The van der Waals surface area contributed by atoms with Crippen molar-refractivity contribution in [1.29, 1.82) is 0 Å². The van der Waals surface area contributed by atoms with Gasteiger partial charge in [0.15, 0.2) is 0 Å². The van der Waals surface area contributed by atoms with Crippen LogP contribution in [0.5, 0.6) is 0 Å². The van der Waals surface area contributed by atoms with Gasteiger partial charge in [-0.1, -0.05) is 71.8 Å². The van der Waals surface area contributed by atoms with Gasteiger partial charge < -0.3 is 5.32 Å². The molecule has 1 unspecified atom stereocenters. The van der Waals surface area contributed by atoms with E-state index in [0.29, 0.717) is 16.5 Å². The summed E-state index contributed by atoms with van der Waals surface area (Å²) in [7, 11) is 0. The number of carbonyl (C=O) groups is 1. The lowest BCUT2D eigenvalue weighted by Gasteiger charge is -2.24. The summed E-state index contributed by atoms with van der Waals surface area (Å²) >= 11 is 6.10. The van der Waals surface area contributed by atoms with E-state index in [0.717, 1.165) is 16.8 Å². The van der Waals surface area contributed by atoms with Crippen LogP contribution in [0.1, 0.15) is 33.1 Å². The van der Waals surface area contributed by atoms with Crippen LogP contribution in [-0.4, -0.2) is 20.7 Å². The van der Waals surface area contributed by atoms with E-state index in [1.54, 1.807) is 16.8 Å². The number of nitrogens with one attached hydrogen (secondary N) is 2. The first-order valence-corrected chi connectivity index (χ1v) is 10.6. The Labute approximate surface area is 202 Å². The lowest BCUT2D eigenvalue weighted by Crippen LogP contribution is -2.20. The third-order valence-electron chi connectivity index (χ3n) is 5.30. The molecule has 1 aliphatic heterocycles. The fourth-order valence-electron chi connectivity index (χ4n) is 3.61. The van der Waals surface area contributed by atoms with Gasteiger partial charge in [-0.05, 0) is 48.4 Å². The lowest BCUT2D eigenvalue weighted by atomic mass is 10.0. The molecule has 2 heterocycles. The second kappa shape index (κ2) is 9.48. The molecule has 0 bridgehead atoms. The van der Waals surface area contributed by atoms with Gasteiger partial charge in [0.25, 0.3) is 11.9 Å². The van der Waals surface area contributed by atoms with Crippen LogP contribution in [0.25, 0.3) is 5.70 Å². The molecular weight excluding hydrogens is 457 g/mol. The summed E-state index contributed by atoms with van der Waals surface area (Å²) in [5.74, 6) is 0.522. The molecular formula is C25H21Cl2N5O. The van der Waals surface area contributed by atoms with Crippen LogP contribution in [0.15, 0.2) is 84.9 Å². The second-order valence-corrected chi connectivity index (χ2v) is 8.03. The number of hydrogen-bond acceptors (Lipinski definition) is 4. The maximum absolute atomic E-state index is 12.6. The summed E-state index contributed by atoms with van der Waals surface area (Å²) in [5, 5.41) is 11.4. The predicted octanol–water partition coefficient (Wildman–Crippen LogP) is 5.97. The van der Waals surface area contributed by atoms with Crippen molar-refractivity contribution in [1.82, 2.24) is 14.8 Å². The van der Waals surface area contributed by atoms with Crippen LogP contribution in [0.2, 0.25) is 5.02 Å². The standard InChI is InChI=1S/C25H20ClN5O.ClH/c1-16-7-9-17(10-8-16)21-15-22(18-11-13-20(26)14-12-18)31-25(27-21)29-24(30-31)28-23(32)19-5-3-2-4-6-19;/h2-15,22H,1H3,(H2,27,28,29,30,32);1H. The first-order chi connectivity index (χ1) is 15.6. The third kappa shape index (κ3) is 4.77. The minimum absolute atomic E-state index is 0. The molecule has 1 amide bonds. The molecule has 2 N–H and O–H groups in total. The number of hydrogen-bond donors (Lipinski definition) is 2. The number of rotatable bonds is 4. The van der Waals surface area contributed by atoms with Crippen molar-refractivity contribution in [2.24, 2.45) is 0 Å². The Bertz CT molecular complexity index is 1300. The Morgan fingerprint density at radius 1 is 1.00 bits per heavy atom. The molecule has 1 aromatic heterocycles. The van der Waals surface area contributed by atoms with E-state index in [2.05, 4.69) is 58.0 Å². The van der Waals surface area contributed by atoms with Gasteiger partial charge in [0.05, 0.1) is 0 Å². The second-order valence-electron chi connectivity index (χ2n) is 7.59. The Morgan fingerprint density at radius 3 is 2.39 bits per heavy atom. The minimum atomic E-state index is -0.261. The number of halogens is 2. The molecule has 6 nitrogen and oxygen atoms in total. The lowest BCUT2D eigenvalue weighted by molar-refractivity contribution is 0.102. The monoisotopic (exact) mass is 477 g/mol. The van der Waals surface area contributed by atoms with Crippen molar-refractivity contribution < 1.29 is 4.79 Å². The Kier molecular flexibility index (Phi) is 6.49. The van der Waals surface area contributed by atoms with E-state index in [9.17, 15) is 4.79 Å². The number of carbonyl (C=O) groups excluding carboxylic acids is 1. The molecule has 8 heteroatoms. The highest BCUT2D eigenvalue weighted by Crippen LogP contribution is 2.33. The van der Waals surface area contributed by atoms with Gasteiger partial charge in [-0.3, -0.25) is 10.1 Å². The van der Waals surface area contributed by atoms with Crippen LogP contribution in [0, 0.1) is 6.92 Å². The summed E-state index contributed by atoms with van der Waals surface area (Å²) in [4.78, 5) is 17.1. The molecule has 1 aliphatic rings. The molecule has 0 saturated carbocycles. The van der Waals surface area contributed by atoms with E-state index in [4.69, 9.17) is 11.6 Å². The Balaban J connectivity index is 0.00000259. The zero-order valence-electron chi connectivity index (χ0n) is 17.7. The van der Waals surface area contributed by atoms with E-state index in [-0.39, 0.29) is 30.3 Å². The van der Waals surface area contributed by atoms with Gasteiger partial charge >= 0.3 is 0 Å². The van der Waals surface area contributed by atoms with Crippen molar-refractivity contribution in [2.75, 3.05) is 10.6 Å². The zero-order valence-corrected chi connectivity index (χ0v) is 19.3. The summed E-state index contributed by atoms with van der Waals surface area (Å²) in [6.07, 6.45) is 2.10. The molecule has 0 fully saturated rings. The van der Waals surface area contributed by atoms with Crippen LogP contribution < -0.4 is 10.6 Å². The average molecular weight is 478 g/mol. The minimum Gasteiger partial charge on any atom is -0.324 e. The number of benzene rings is 3. The first-order valence-electron chi connectivity index (χ1n) is 10.2. The van der Waals surface area contributed by atoms with E-state index < -0.39 is 0 Å². The molecule has 1 atom stereocenters. The molecule has 5 rings (SSSR count). The van der Waals surface area contributed by atoms with Crippen LogP contribution >= 0.6 is 24.0 Å². The topological polar surface area (TPSA) is 71.8 Å². The van der Waals surface area contributed by atoms with Crippen LogP contribution in [0.4, 0.5) is 11.9 Å². The number of fused-ring (bicyclic) bond motifs is 1. The Morgan fingerprint density at radius 2 is 1.70 bits per heavy atom. The predicted molar refractivity (Wildman–Crippen MR) is 134 cm³/mol. The molecule has 0 saturated heterocycles. The highest BCUT2D eigenvalue weighted by molar-refractivity contribution is 6.30. The molecule has 4 aromatic rings. The molecule has 0 spiro atoms. The van der Waals surface area contributed by atoms with Crippen molar-refractivity contribution >= 4 is 47.5 Å². The van der Waals surface area contributed by atoms with Crippen molar-refractivity contribution in [2.45, 2.75) is 13.0 Å². The maximum Gasteiger partial charge on any atom is 0.258 e. The highest BCUT2D eigenvalue weighted by Gasteiger charge is 2.26. The number of allylic oxidation sites excluding steroid dienone is 1. The summed E-state index contributed by atoms with van der Waals surface area (Å²) in [6, 6.07) is 24.7. The van der Waals surface area contributed by atoms with Gasteiger partial charge in [0.1, 0.15) is 6.04 Å². The molecule has 166 valence electrons. The summed E-state index contributed by atoms with van der Waals surface area (Å²) in [6.45, 7) is 2.06. The normalized spacial score (nSPS) is 14.4. The first kappa shape index (κ1) is 22.6. The largest absolute Gasteiger partial charge is 0.324 e.